The van der Waals surface area contributed by atoms with E-state index in [-0.39, 0.29) is 22.6 Å². The Morgan fingerprint density at radius 1 is 1.07 bits per heavy atom. The van der Waals surface area contributed by atoms with Gasteiger partial charge >= 0.3 is 12.3 Å². The molecule has 3 N–H and O–H groups in total. The normalized spacial score (nSPS) is 27.2. The maximum absolute atomic E-state index is 13.2. The lowest BCUT2D eigenvalue weighted by molar-refractivity contribution is -0.0999. The Hall–Kier alpha value is -3.60. The number of aromatic nitrogens is 2. The molecule has 8 nitrogen and oxygen atoms in total. The number of piperidine rings is 1. The van der Waals surface area contributed by atoms with Gasteiger partial charge in [-0.05, 0) is 75.0 Å². The summed E-state index contributed by atoms with van der Waals surface area (Å²) in [5.74, 6) is 0.875. The van der Waals surface area contributed by atoms with E-state index in [1.54, 1.807) is 35.8 Å². The van der Waals surface area contributed by atoms with Gasteiger partial charge in [-0.25, -0.2) is 9.78 Å². The zero-order chi connectivity index (χ0) is 28.4. The molecule has 0 amide bonds. The molecular weight excluding hydrogens is 535 g/mol. The fourth-order valence-electron chi connectivity index (χ4n) is 7.54. The Bertz CT molecular complexity index is 1450. The summed E-state index contributed by atoms with van der Waals surface area (Å²) in [7, 11) is 0. The van der Waals surface area contributed by atoms with Crippen LogP contribution in [-0.2, 0) is 6.54 Å². The second-order valence-electron chi connectivity index (χ2n) is 12.2. The Labute approximate surface area is 235 Å². The molecule has 2 saturated heterocycles. The lowest BCUT2D eigenvalue weighted by Crippen LogP contribution is -2.57. The number of para-hydroxylation sites is 1. The van der Waals surface area contributed by atoms with Crippen LogP contribution >= 0.6 is 0 Å². The average Bonchev–Trinajstić information content (AvgIpc) is 3.61. The van der Waals surface area contributed by atoms with Crippen LogP contribution in [0.1, 0.15) is 79.0 Å². The van der Waals surface area contributed by atoms with Crippen molar-refractivity contribution in [1.29, 1.82) is 0 Å². The summed E-state index contributed by atoms with van der Waals surface area (Å²) in [4.78, 5) is 18.3. The summed E-state index contributed by atoms with van der Waals surface area (Å²) >= 11 is 0. The number of fused-ring (bicyclic) bond motifs is 2. The second-order valence-corrected chi connectivity index (χ2v) is 12.2. The highest BCUT2D eigenvalue weighted by Crippen LogP contribution is 2.57. The molecule has 11 heteroatoms. The van der Waals surface area contributed by atoms with Gasteiger partial charge in [0.15, 0.2) is 0 Å². The van der Waals surface area contributed by atoms with Gasteiger partial charge < -0.3 is 19.8 Å². The third-order valence-corrected chi connectivity index (χ3v) is 9.37. The number of carboxylic acids is 1. The number of alkyl halides is 3. The van der Waals surface area contributed by atoms with Crippen LogP contribution in [0.25, 0.3) is 11.3 Å². The molecule has 1 aromatic carbocycles. The smallest absolute Gasteiger partial charge is 0.478 e. The number of carboxylic acid groups (broad SMARTS) is 1. The number of pyridine rings is 1. The van der Waals surface area contributed by atoms with Crippen LogP contribution in [0, 0.1) is 5.41 Å². The van der Waals surface area contributed by atoms with E-state index in [4.69, 9.17) is 4.52 Å². The zero-order valence-electron chi connectivity index (χ0n) is 22.5. The van der Waals surface area contributed by atoms with Gasteiger partial charge in [-0.1, -0.05) is 23.4 Å². The predicted molar refractivity (Wildman–Crippen MR) is 146 cm³/mol. The largest absolute Gasteiger partial charge is 0.482 e. The third-order valence-electron chi connectivity index (χ3n) is 9.37. The molecule has 0 radical (unpaired) electrons. The molecule has 2 aromatic heterocycles. The van der Waals surface area contributed by atoms with Gasteiger partial charge in [-0.15, -0.1) is 0 Å². The Morgan fingerprint density at radius 2 is 1.80 bits per heavy atom. The number of carbonyl (C=O) groups is 1. The molecule has 2 atom stereocenters. The number of rotatable bonds is 8. The first-order chi connectivity index (χ1) is 19.7. The highest BCUT2D eigenvalue weighted by Gasteiger charge is 2.54. The molecule has 3 aromatic rings. The minimum absolute atomic E-state index is 0.0369. The molecule has 2 aliphatic carbocycles. The van der Waals surface area contributed by atoms with Crippen LogP contribution in [0.2, 0.25) is 0 Å². The monoisotopic (exact) mass is 567 g/mol. The van der Waals surface area contributed by atoms with Crippen molar-refractivity contribution in [3.8, 4) is 11.3 Å². The SMILES string of the molecule is O=C(O)c1ccnc(N2C3CCC2CC2(CC(NCc4c(-c5ccccc5NC(F)(F)F)noc4C4CC4)C2)C3)c1. The highest BCUT2D eigenvalue weighted by atomic mass is 19.4. The van der Waals surface area contributed by atoms with E-state index < -0.39 is 12.3 Å². The number of aromatic carboxylic acids is 1. The van der Waals surface area contributed by atoms with Gasteiger partial charge in [-0.3, -0.25) is 5.32 Å². The fourth-order valence-corrected chi connectivity index (χ4v) is 7.54. The van der Waals surface area contributed by atoms with Gasteiger partial charge in [0.1, 0.15) is 17.3 Å². The first-order valence-corrected chi connectivity index (χ1v) is 14.3. The summed E-state index contributed by atoms with van der Waals surface area (Å²) in [6.45, 7) is 0.497. The summed E-state index contributed by atoms with van der Waals surface area (Å²) in [5, 5.41) is 19.0. The van der Waals surface area contributed by atoms with Crippen LogP contribution in [0.5, 0.6) is 0 Å². The van der Waals surface area contributed by atoms with E-state index >= 15 is 0 Å². The van der Waals surface area contributed by atoms with Crippen molar-refractivity contribution in [2.45, 2.75) is 88.3 Å². The standard InChI is InChI=1S/C30H32F3N5O3/c31-30(32,33)36-24-4-2-1-3-22(24)26-23(27(41-37-26)17-5-6-17)16-35-19-12-29(13-19)14-20-7-8-21(15-29)38(20)25-11-18(28(39)40)9-10-34-25/h1-4,9-11,17,19-21,35-36H,5-8,12-16H2,(H,39,40). The maximum atomic E-state index is 13.2. The molecule has 41 heavy (non-hydrogen) atoms. The summed E-state index contributed by atoms with van der Waals surface area (Å²) in [5.41, 5.74) is 2.17. The summed E-state index contributed by atoms with van der Waals surface area (Å²) in [6, 6.07) is 10.6. The van der Waals surface area contributed by atoms with Crippen molar-refractivity contribution in [2.75, 3.05) is 10.2 Å². The first kappa shape index (κ1) is 26.3. The maximum Gasteiger partial charge on any atom is 0.482 e. The fraction of sp³-hybridized carbons (Fsp3) is 0.500. The molecule has 4 heterocycles. The average molecular weight is 568 g/mol. The Kier molecular flexibility index (Phi) is 6.26. The van der Waals surface area contributed by atoms with Crippen molar-refractivity contribution in [3.63, 3.8) is 0 Å². The molecule has 216 valence electrons. The molecule has 4 aliphatic rings. The Morgan fingerprint density at radius 3 is 2.49 bits per heavy atom. The second kappa shape index (κ2) is 9.75. The van der Waals surface area contributed by atoms with Gasteiger partial charge in [0, 0.05) is 47.9 Å². The van der Waals surface area contributed by atoms with Crippen molar-refractivity contribution in [2.24, 2.45) is 5.41 Å². The van der Waals surface area contributed by atoms with E-state index in [0.717, 1.165) is 68.5 Å². The van der Waals surface area contributed by atoms with Gasteiger partial charge in [0.2, 0.25) is 0 Å². The van der Waals surface area contributed by atoms with Crippen molar-refractivity contribution in [3.05, 3.63) is 59.5 Å². The zero-order valence-corrected chi connectivity index (χ0v) is 22.5. The number of benzene rings is 1. The number of nitrogens with one attached hydrogen (secondary N) is 2. The highest BCUT2D eigenvalue weighted by molar-refractivity contribution is 5.88. The number of halogens is 3. The molecule has 1 spiro atoms. The van der Waals surface area contributed by atoms with Crippen LogP contribution < -0.4 is 15.5 Å². The van der Waals surface area contributed by atoms with Crippen LogP contribution in [0.4, 0.5) is 24.7 Å². The Balaban J connectivity index is 1.04. The molecule has 4 fully saturated rings. The molecule has 2 saturated carbocycles. The van der Waals surface area contributed by atoms with E-state index in [0.29, 0.717) is 35.9 Å². The van der Waals surface area contributed by atoms with E-state index in [9.17, 15) is 23.1 Å². The van der Waals surface area contributed by atoms with Gasteiger partial charge in [0.05, 0.1) is 11.3 Å². The first-order valence-electron chi connectivity index (χ1n) is 14.3. The quantitative estimate of drug-likeness (QED) is 0.272. The molecular formula is C30H32F3N5O3. The van der Waals surface area contributed by atoms with Gasteiger partial charge in [0.25, 0.3) is 0 Å². The number of anilines is 2. The lowest BCUT2D eigenvalue weighted by atomic mass is 9.58. The van der Waals surface area contributed by atoms with E-state index in [1.807, 2.05) is 0 Å². The molecule has 7 rings (SSSR count). The van der Waals surface area contributed by atoms with Crippen LogP contribution in [0.15, 0.2) is 47.1 Å². The van der Waals surface area contributed by atoms with Crippen molar-refractivity contribution >= 4 is 17.5 Å². The minimum atomic E-state index is -4.55. The van der Waals surface area contributed by atoms with Crippen molar-refractivity contribution in [1.82, 2.24) is 15.5 Å². The number of hydrogen-bond acceptors (Lipinski definition) is 7. The topological polar surface area (TPSA) is 104 Å². The predicted octanol–water partition coefficient (Wildman–Crippen LogP) is 6.31. The van der Waals surface area contributed by atoms with Gasteiger partial charge in [-0.2, -0.15) is 13.2 Å². The molecule has 2 aliphatic heterocycles. The van der Waals surface area contributed by atoms with E-state index in [2.05, 4.69) is 20.4 Å². The van der Waals surface area contributed by atoms with Crippen molar-refractivity contribution < 1.29 is 27.6 Å². The lowest BCUT2D eigenvalue weighted by Gasteiger charge is -2.55. The number of nitrogens with zero attached hydrogens (tertiary/aromatic N) is 3. The number of hydrogen-bond donors (Lipinski definition) is 3. The molecule has 2 bridgehead atoms. The summed E-state index contributed by atoms with van der Waals surface area (Å²) < 4.78 is 45.3. The van der Waals surface area contributed by atoms with Crippen LogP contribution in [-0.4, -0.2) is 45.6 Å². The van der Waals surface area contributed by atoms with E-state index in [1.165, 1.54) is 12.1 Å². The summed E-state index contributed by atoms with van der Waals surface area (Å²) in [6.07, 6.45) is 5.41. The van der Waals surface area contributed by atoms with Crippen LogP contribution in [0.3, 0.4) is 0 Å². The third kappa shape index (κ3) is 5.05. The minimum Gasteiger partial charge on any atom is -0.478 e. The molecule has 2 unspecified atom stereocenters.